The number of hydrogen-bond acceptors (Lipinski definition) is 1. The second-order valence-electron chi connectivity index (χ2n) is 3.88. The summed E-state index contributed by atoms with van der Waals surface area (Å²) in [6, 6.07) is 22.5. The van der Waals surface area contributed by atoms with Crippen molar-refractivity contribution in [2.45, 2.75) is 6.54 Å². The topological polar surface area (TPSA) is 3.24 Å². The standard InChI is InChI=1S/C9H13N.C6H6.Au.ClH/c1-10(2)8-9-6-4-3-5-7-9;1-2-4-6-5-3-1;;/h3-7H,8H2,1-2H3;1-6H;;1H/q;;+3;/p-1. The molecule has 0 aliphatic rings. The third-order valence-corrected chi connectivity index (χ3v) is 2.01. The van der Waals surface area contributed by atoms with Crippen LogP contribution in [0.3, 0.4) is 0 Å². The van der Waals surface area contributed by atoms with Crippen molar-refractivity contribution in [1.82, 2.24) is 4.90 Å². The van der Waals surface area contributed by atoms with Gasteiger partial charge in [0.25, 0.3) is 0 Å². The van der Waals surface area contributed by atoms with E-state index in [-0.39, 0.29) is 34.8 Å². The predicted molar refractivity (Wildman–Crippen MR) is 70.3 cm³/mol. The van der Waals surface area contributed by atoms with Crippen LogP contribution in [0.4, 0.5) is 0 Å². The fourth-order valence-corrected chi connectivity index (χ4v) is 1.33. The first-order valence-electron chi connectivity index (χ1n) is 5.47. The van der Waals surface area contributed by atoms with Gasteiger partial charge in [-0.2, -0.15) is 0 Å². The van der Waals surface area contributed by atoms with Crippen LogP contribution in [0.1, 0.15) is 5.56 Å². The molecule has 0 atom stereocenters. The van der Waals surface area contributed by atoms with E-state index >= 15 is 0 Å². The summed E-state index contributed by atoms with van der Waals surface area (Å²) < 4.78 is 0. The minimum Gasteiger partial charge on any atom is -1.00 e. The molecular weight excluding hydrogens is 427 g/mol. The van der Waals surface area contributed by atoms with E-state index in [0.29, 0.717) is 0 Å². The first kappa shape index (κ1) is 19.8. The SMILES string of the molecule is CN(C)Cc1ccccc1.[Au+3].[Cl-].c1ccccc1. The van der Waals surface area contributed by atoms with E-state index in [1.807, 2.05) is 42.5 Å². The molecule has 0 saturated carbocycles. The average molecular weight is 446 g/mol. The summed E-state index contributed by atoms with van der Waals surface area (Å²) in [5.41, 5.74) is 1.37. The van der Waals surface area contributed by atoms with Crippen LogP contribution in [-0.4, -0.2) is 19.0 Å². The van der Waals surface area contributed by atoms with Gasteiger partial charge in [-0.15, -0.1) is 0 Å². The summed E-state index contributed by atoms with van der Waals surface area (Å²) in [7, 11) is 4.15. The summed E-state index contributed by atoms with van der Waals surface area (Å²) in [5.74, 6) is 0. The predicted octanol–water partition coefficient (Wildman–Crippen LogP) is 0.436. The van der Waals surface area contributed by atoms with Gasteiger partial charge < -0.3 is 17.3 Å². The first-order valence-corrected chi connectivity index (χ1v) is 5.47. The summed E-state index contributed by atoms with van der Waals surface area (Å²) >= 11 is 0. The van der Waals surface area contributed by atoms with Crippen LogP contribution < -0.4 is 12.4 Å². The van der Waals surface area contributed by atoms with Gasteiger partial charge in [0.2, 0.25) is 0 Å². The van der Waals surface area contributed by atoms with E-state index in [2.05, 4.69) is 43.3 Å². The summed E-state index contributed by atoms with van der Waals surface area (Å²) in [6.45, 7) is 1.03. The molecule has 1 nitrogen and oxygen atoms in total. The van der Waals surface area contributed by atoms with E-state index < -0.39 is 0 Å². The molecule has 2 aromatic rings. The van der Waals surface area contributed by atoms with Crippen LogP contribution in [0.25, 0.3) is 0 Å². The maximum atomic E-state index is 2.16. The van der Waals surface area contributed by atoms with Gasteiger partial charge in [0.15, 0.2) is 0 Å². The van der Waals surface area contributed by atoms with Gasteiger partial charge in [-0.1, -0.05) is 66.7 Å². The Morgan fingerprint density at radius 3 is 1.39 bits per heavy atom. The zero-order valence-corrected chi connectivity index (χ0v) is 13.6. The second-order valence-corrected chi connectivity index (χ2v) is 3.88. The van der Waals surface area contributed by atoms with Crippen molar-refractivity contribution in [3.05, 3.63) is 72.3 Å². The Hall–Kier alpha value is -0.570. The molecule has 2 rings (SSSR count). The Morgan fingerprint density at radius 2 is 1.06 bits per heavy atom. The Morgan fingerprint density at radius 1 is 0.722 bits per heavy atom. The molecular formula is C15H19AuClN+2. The summed E-state index contributed by atoms with van der Waals surface area (Å²) in [5, 5.41) is 0. The molecule has 0 amide bonds. The van der Waals surface area contributed by atoms with Crippen molar-refractivity contribution in [2.24, 2.45) is 0 Å². The Bertz CT molecular complexity index is 338. The number of nitrogens with zero attached hydrogens (tertiary/aromatic N) is 1. The van der Waals surface area contributed by atoms with Crippen LogP contribution in [-0.2, 0) is 28.9 Å². The fourth-order valence-electron chi connectivity index (χ4n) is 1.33. The maximum absolute atomic E-state index is 2.16. The van der Waals surface area contributed by atoms with Crippen LogP contribution in [0, 0.1) is 0 Å². The molecule has 18 heavy (non-hydrogen) atoms. The summed E-state index contributed by atoms with van der Waals surface area (Å²) in [6.07, 6.45) is 0. The van der Waals surface area contributed by atoms with Gasteiger partial charge in [-0.05, 0) is 19.7 Å². The minimum atomic E-state index is 0. The Balaban J connectivity index is 0. The molecule has 0 radical (unpaired) electrons. The fraction of sp³-hybridized carbons (Fsp3) is 0.200. The quantitative estimate of drug-likeness (QED) is 0.607. The van der Waals surface area contributed by atoms with Crippen LogP contribution in [0.15, 0.2) is 66.7 Å². The van der Waals surface area contributed by atoms with Crippen molar-refractivity contribution >= 4 is 0 Å². The molecule has 100 valence electrons. The number of hydrogen-bond donors (Lipinski definition) is 0. The molecule has 0 saturated heterocycles. The van der Waals surface area contributed by atoms with Crippen LogP contribution in [0.2, 0.25) is 0 Å². The van der Waals surface area contributed by atoms with Gasteiger partial charge in [0, 0.05) is 6.54 Å². The smallest absolute Gasteiger partial charge is 1.00 e. The molecule has 0 aliphatic heterocycles. The van der Waals surface area contributed by atoms with E-state index in [1.54, 1.807) is 0 Å². The monoisotopic (exact) mass is 445 g/mol. The van der Waals surface area contributed by atoms with E-state index in [0.717, 1.165) is 6.54 Å². The molecule has 0 unspecified atom stereocenters. The molecule has 0 N–H and O–H groups in total. The summed E-state index contributed by atoms with van der Waals surface area (Å²) in [4.78, 5) is 2.16. The maximum Gasteiger partial charge on any atom is 3.00 e. The van der Waals surface area contributed by atoms with Gasteiger partial charge in [0.05, 0.1) is 0 Å². The average Bonchev–Trinajstić information content (AvgIpc) is 2.32. The number of halogens is 1. The first-order chi connectivity index (χ1) is 7.79. The Kier molecular flexibility index (Phi) is 14.1. The van der Waals surface area contributed by atoms with Crippen LogP contribution in [0.5, 0.6) is 0 Å². The number of rotatable bonds is 2. The molecule has 3 heteroatoms. The normalized spacial score (nSPS) is 8.39. The van der Waals surface area contributed by atoms with Crippen molar-refractivity contribution in [3.63, 3.8) is 0 Å². The van der Waals surface area contributed by atoms with E-state index in [1.165, 1.54) is 5.56 Å². The molecule has 0 aliphatic carbocycles. The van der Waals surface area contributed by atoms with Crippen molar-refractivity contribution in [2.75, 3.05) is 14.1 Å². The Labute approximate surface area is 132 Å². The van der Waals surface area contributed by atoms with Gasteiger partial charge in [0.1, 0.15) is 0 Å². The molecule has 0 bridgehead atoms. The van der Waals surface area contributed by atoms with Crippen molar-refractivity contribution in [3.8, 4) is 0 Å². The zero-order valence-electron chi connectivity index (χ0n) is 10.7. The third kappa shape index (κ3) is 10.6. The zero-order chi connectivity index (χ0) is 11.6. The molecule has 0 spiro atoms. The van der Waals surface area contributed by atoms with Gasteiger partial charge in [-0.3, -0.25) is 0 Å². The largest absolute Gasteiger partial charge is 3.00 e. The third-order valence-electron chi connectivity index (χ3n) is 2.01. The van der Waals surface area contributed by atoms with Crippen molar-refractivity contribution < 1.29 is 34.8 Å². The molecule has 0 heterocycles. The van der Waals surface area contributed by atoms with Crippen LogP contribution >= 0.6 is 0 Å². The van der Waals surface area contributed by atoms with Gasteiger partial charge >= 0.3 is 22.4 Å². The molecule has 0 aromatic heterocycles. The molecule has 2 aromatic carbocycles. The minimum absolute atomic E-state index is 0. The van der Waals surface area contributed by atoms with E-state index in [4.69, 9.17) is 0 Å². The number of benzene rings is 2. The van der Waals surface area contributed by atoms with Crippen molar-refractivity contribution in [1.29, 1.82) is 0 Å². The second kappa shape index (κ2) is 12.9. The van der Waals surface area contributed by atoms with Gasteiger partial charge in [-0.25, -0.2) is 0 Å². The molecule has 0 fully saturated rings. The van der Waals surface area contributed by atoms with E-state index in [9.17, 15) is 0 Å².